The highest BCUT2D eigenvalue weighted by Crippen LogP contribution is 2.47. The molecule has 2 aromatic carbocycles. The number of nitrogens with one attached hydrogen (secondary N) is 2. The number of aromatic nitrogens is 3. The van der Waals surface area contributed by atoms with Gasteiger partial charge in [0.15, 0.2) is 0 Å². The predicted octanol–water partition coefficient (Wildman–Crippen LogP) is 3.09. The number of hydrogen-bond donors (Lipinski definition) is 2. The number of methoxy groups -OCH3 is 1. The van der Waals surface area contributed by atoms with Crippen molar-refractivity contribution in [2.45, 2.75) is 38.3 Å². The first-order chi connectivity index (χ1) is 22.5. The van der Waals surface area contributed by atoms with E-state index in [4.69, 9.17) is 14.5 Å². The number of nitrogens with zero attached hydrogens (tertiary/aromatic N) is 4. The minimum absolute atomic E-state index is 0.00129. The van der Waals surface area contributed by atoms with E-state index >= 15 is 0 Å². The molecule has 2 amide bonds. The molecule has 12 nitrogen and oxygen atoms in total. The minimum atomic E-state index is -0.661. The lowest BCUT2D eigenvalue weighted by atomic mass is 9.86. The number of pyridine rings is 1. The predicted molar refractivity (Wildman–Crippen MR) is 176 cm³/mol. The Morgan fingerprint density at radius 1 is 1.04 bits per heavy atom. The van der Waals surface area contributed by atoms with Gasteiger partial charge in [0.2, 0.25) is 11.8 Å². The highest BCUT2D eigenvalue weighted by atomic mass is 16.5. The SMILES string of the molecule is COc1nc(-c2cccc(-c3cccc(NC(=O)c4cn(C)c(=O)n(C)c4=O)c3C)c2C)cc2c1[C@@H](N1CC3(CCC(=O)N3)C1)CO2. The van der Waals surface area contributed by atoms with Crippen LogP contribution < -0.4 is 31.4 Å². The van der Waals surface area contributed by atoms with E-state index in [0.717, 1.165) is 68.9 Å². The fourth-order valence-corrected chi connectivity index (χ4v) is 7.15. The molecule has 3 aliphatic heterocycles. The Morgan fingerprint density at radius 2 is 1.74 bits per heavy atom. The van der Waals surface area contributed by atoms with Gasteiger partial charge < -0.3 is 24.7 Å². The van der Waals surface area contributed by atoms with Crippen LogP contribution in [0.1, 0.15) is 45.9 Å². The lowest BCUT2D eigenvalue weighted by Gasteiger charge is -2.50. The zero-order valence-electron chi connectivity index (χ0n) is 27.0. The number of amides is 2. The molecule has 47 heavy (non-hydrogen) atoms. The van der Waals surface area contributed by atoms with Gasteiger partial charge in [-0.25, -0.2) is 9.78 Å². The summed E-state index contributed by atoms with van der Waals surface area (Å²) in [4.78, 5) is 57.1. The third kappa shape index (κ3) is 4.99. The molecule has 0 unspecified atom stereocenters. The van der Waals surface area contributed by atoms with E-state index < -0.39 is 17.2 Å². The Bertz CT molecular complexity index is 2090. The van der Waals surface area contributed by atoms with E-state index in [1.807, 2.05) is 50.2 Å². The maximum Gasteiger partial charge on any atom is 0.330 e. The number of likely N-dealkylation sites (tertiary alicyclic amines) is 1. The standard InChI is InChI=1S/C35H36N6O6/c1-19-21(22-9-7-11-25(20(22)2)36-31(43)24-15-39(3)34(45)40(4)33(24)44)8-6-10-23(19)26-14-28-30(32(37-26)46-5)27(16-47-28)41-17-35(18-41)13-12-29(42)38-35/h6-11,14-15,27H,12-13,16-18H2,1-5H3,(H,36,43)(H,38,42)/t27-/m0/s1. The lowest BCUT2D eigenvalue weighted by Crippen LogP contribution is -2.67. The molecule has 2 saturated heterocycles. The molecule has 2 N–H and O–H groups in total. The smallest absolute Gasteiger partial charge is 0.330 e. The van der Waals surface area contributed by atoms with Crippen molar-refractivity contribution in [3.63, 3.8) is 0 Å². The Balaban J connectivity index is 1.18. The topological polar surface area (TPSA) is 137 Å². The van der Waals surface area contributed by atoms with Crippen molar-refractivity contribution >= 4 is 17.5 Å². The van der Waals surface area contributed by atoms with Gasteiger partial charge >= 0.3 is 5.69 Å². The maximum atomic E-state index is 13.2. The van der Waals surface area contributed by atoms with E-state index in [0.29, 0.717) is 24.6 Å². The van der Waals surface area contributed by atoms with Crippen LogP contribution in [0, 0.1) is 13.8 Å². The fourth-order valence-electron chi connectivity index (χ4n) is 7.15. The van der Waals surface area contributed by atoms with Crippen LogP contribution in [0.2, 0.25) is 0 Å². The van der Waals surface area contributed by atoms with Gasteiger partial charge in [-0.2, -0.15) is 0 Å². The molecule has 242 valence electrons. The summed E-state index contributed by atoms with van der Waals surface area (Å²) >= 11 is 0. The molecule has 2 fully saturated rings. The first-order valence-corrected chi connectivity index (χ1v) is 15.5. The van der Waals surface area contributed by atoms with Crippen molar-refractivity contribution < 1.29 is 19.1 Å². The number of rotatable bonds is 6. The maximum absolute atomic E-state index is 13.2. The van der Waals surface area contributed by atoms with E-state index in [9.17, 15) is 19.2 Å². The number of hydrogen-bond acceptors (Lipinski definition) is 8. The summed E-state index contributed by atoms with van der Waals surface area (Å²) in [6.07, 6.45) is 2.69. The van der Waals surface area contributed by atoms with Crippen LogP contribution in [-0.2, 0) is 18.9 Å². The van der Waals surface area contributed by atoms with E-state index in [1.54, 1.807) is 13.2 Å². The summed E-state index contributed by atoms with van der Waals surface area (Å²) in [5.74, 6) is 0.783. The van der Waals surface area contributed by atoms with Gasteiger partial charge in [0.05, 0.1) is 29.9 Å². The molecule has 12 heteroatoms. The Kier molecular flexibility index (Phi) is 7.27. The summed E-state index contributed by atoms with van der Waals surface area (Å²) < 4.78 is 14.2. The molecule has 3 aliphatic rings. The Morgan fingerprint density at radius 3 is 2.45 bits per heavy atom. The molecule has 1 atom stereocenters. The van der Waals surface area contributed by atoms with Crippen molar-refractivity contribution in [2.24, 2.45) is 14.1 Å². The van der Waals surface area contributed by atoms with Crippen LogP contribution in [-0.4, -0.2) is 63.2 Å². The van der Waals surface area contributed by atoms with Crippen LogP contribution in [0.5, 0.6) is 11.6 Å². The molecule has 7 rings (SSSR count). The summed E-state index contributed by atoms with van der Waals surface area (Å²) in [6, 6.07) is 13.6. The molecule has 5 heterocycles. The molecular weight excluding hydrogens is 600 g/mol. The number of anilines is 1. The largest absolute Gasteiger partial charge is 0.491 e. The van der Waals surface area contributed by atoms with Gasteiger partial charge in [0.25, 0.3) is 11.5 Å². The van der Waals surface area contributed by atoms with E-state index in [2.05, 4.69) is 15.5 Å². The van der Waals surface area contributed by atoms with Crippen LogP contribution >= 0.6 is 0 Å². The van der Waals surface area contributed by atoms with E-state index in [-0.39, 0.29) is 23.1 Å². The third-order valence-electron chi connectivity index (χ3n) is 9.77. The van der Waals surface area contributed by atoms with Gasteiger partial charge in [-0.15, -0.1) is 0 Å². The molecule has 1 spiro atoms. The quantitative estimate of drug-likeness (QED) is 0.330. The second-order valence-corrected chi connectivity index (χ2v) is 12.7. The van der Waals surface area contributed by atoms with Gasteiger partial charge in [-0.05, 0) is 48.6 Å². The number of carbonyl (C=O) groups is 2. The van der Waals surface area contributed by atoms with Crippen molar-refractivity contribution in [2.75, 3.05) is 32.1 Å². The lowest BCUT2D eigenvalue weighted by molar-refractivity contribution is -0.121. The highest BCUT2D eigenvalue weighted by Gasteiger charge is 2.51. The third-order valence-corrected chi connectivity index (χ3v) is 9.77. The van der Waals surface area contributed by atoms with Crippen LogP contribution in [0.15, 0.2) is 58.3 Å². The Labute approximate surface area is 271 Å². The number of ether oxygens (including phenoxy) is 2. The second-order valence-electron chi connectivity index (χ2n) is 12.7. The number of benzene rings is 2. The molecule has 0 saturated carbocycles. The molecule has 0 bridgehead atoms. The van der Waals surface area contributed by atoms with Gasteiger partial charge in [-0.1, -0.05) is 30.3 Å². The molecule has 4 aromatic rings. The normalized spacial score (nSPS) is 18.0. The summed E-state index contributed by atoms with van der Waals surface area (Å²) in [5, 5.41) is 6.01. The zero-order valence-corrected chi connectivity index (χ0v) is 27.0. The van der Waals surface area contributed by atoms with Crippen molar-refractivity contribution in [1.82, 2.24) is 24.3 Å². The van der Waals surface area contributed by atoms with E-state index in [1.165, 1.54) is 24.9 Å². The van der Waals surface area contributed by atoms with Crippen LogP contribution in [0.3, 0.4) is 0 Å². The Hall–Kier alpha value is -5.23. The minimum Gasteiger partial charge on any atom is -0.491 e. The van der Waals surface area contributed by atoms with Crippen LogP contribution in [0.25, 0.3) is 22.4 Å². The van der Waals surface area contributed by atoms with Gasteiger partial charge in [0, 0.05) is 57.1 Å². The van der Waals surface area contributed by atoms with Crippen LogP contribution in [0.4, 0.5) is 5.69 Å². The number of fused-ring (bicyclic) bond motifs is 1. The molecular formula is C35H36N6O6. The number of aryl methyl sites for hydroxylation is 1. The van der Waals surface area contributed by atoms with Crippen molar-refractivity contribution in [1.29, 1.82) is 0 Å². The van der Waals surface area contributed by atoms with Crippen molar-refractivity contribution in [3.05, 3.63) is 91.8 Å². The summed E-state index contributed by atoms with van der Waals surface area (Å²) in [7, 11) is 4.46. The van der Waals surface area contributed by atoms with Crippen molar-refractivity contribution in [3.8, 4) is 34.0 Å². The fraction of sp³-hybridized carbons (Fsp3) is 0.343. The first kappa shape index (κ1) is 30.4. The zero-order chi connectivity index (χ0) is 33.2. The summed E-state index contributed by atoms with van der Waals surface area (Å²) in [5.41, 5.74) is 5.35. The van der Waals surface area contributed by atoms with Gasteiger partial charge in [0.1, 0.15) is 17.9 Å². The average molecular weight is 637 g/mol. The average Bonchev–Trinajstić information content (AvgIpc) is 3.65. The summed E-state index contributed by atoms with van der Waals surface area (Å²) in [6.45, 7) is 5.99. The molecule has 0 radical (unpaired) electrons. The highest BCUT2D eigenvalue weighted by molar-refractivity contribution is 6.04. The molecule has 0 aliphatic carbocycles. The second kappa shape index (κ2) is 11.2. The number of carbonyl (C=O) groups excluding carboxylic acids is 2. The monoisotopic (exact) mass is 636 g/mol. The van der Waals surface area contributed by atoms with Gasteiger partial charge in [-0.3, -0.25) is 23.9 Å². The molecule has 2 aromatic heterocycles. The first-order valence-electron chi connectivity index (χ1n) is 15.5.